The fraction of sp³-hybridized carbons (Fsp3) is 0.0556. The summed E-state index contributed by atoms with van der Waals surface area (Å²) in [5.74, 6) is -0.854. The monoisotopic (exact) mass is 472 g/mol. The van der Waals surface area contributed by atoms with Crippen LogP contribution in [0.2, 0.25) is 0 Å². The minimum Gasteiger partial charge on any atom is -0.265 e. The fourth-order valence-electron chi connectivity index (χ4n) is 2.51. The van der Waals surface area contributed by atoms with Crippen LogP contribution in [0.1, 0.15) is 21.6 Å². The summed E-state index contributed by atoms with van der Waals surface area (Å²) >= 11 is 3.35. The number of benzene rings is 2. The summed E-state index contributed by atoms with van der Waals surface area (Å²) in [6, 6.07) is 12.8. The van der Waals surface area contributed by atoms with Crippen LogP contribution in [0.3, 0.4) is 0 Å². The van der Waals surface area contributed by atoms with Gasteiger partial charge in [-0.2, -0.15) is 10.2 Å². The molecule has 1 amide bonds. The number of rotatable bonds is 7. The van der Waals surface area contributed by atoms with E-state index >= 15 is 0 Å². The van der Waals surface area contributed by atoms with Gasteiger partial charge in [-0.1, -0.05) is 28.1 Å². The minimum atomic E-state index is -0.854. The van der Waals surface area contributed by atoms with Crippen LogP contribution in [0.4, 0.5) is 11.4 Å². The highest BCUT2D eigenvalue weighted by Gasteiger charge is 2.25. The van der Waals surface area contributed by atoms with E-state index in [4.69, 9.17) is 0 Å². The van der Waals surface area contributed by atoms with Gasteiger partial charge in [-0.3, -0.25) is 29.7 Å². The average Bonchev–Trinajstić information content (AvgIpc) is 3.12. The molecule has 0 spiro atoms. The van der Waals surface area contributed by atoms with Gasteiger partial charge in [0.25, 0.3) is 11.6 Å². The summed E-state index contributed by atoms with van der Waals surface area (Å²) in [7, 11) is 0. The molecule has 152 valence electrons. The third kappa shape index (κ3) is 5.11. The van der Waals surface area contributed by atoms with Crippen LogP contribution in [-0.2, 0) is 6.54 Å². The van der Waals surface area contributed by atoms with Crippen LogP contribution in [0.15, 0.2) is 64.3 Å². The van der Waals surface area contributed by atoms with Crippen molar-refractivity contribution in [1.29, 1.82) is 0 Å². The highest BCUT2D eigenvalue weighted by molar-refractivity contribution is 9.10. The van der Waals surface area contributed by atoms with E-state index in [0.717, 1.165) is 10.0 Å². The van der Waals surface area contributed by atoms with Gasteiger partial charge in [0.15, 0.2) is 0 Å². The number of hydrogen-bond acceptors (Lipinski definition) is 7. The van der Waals surface area contributed by atoms with Crippen molar-refractivity contribution in [3.05, 3.63) is 96.2 Å². The van der Waals surface area contributed by atoms with Crippen molar-refractivity contribution >= 4 is 39.4 Å². The molecule has 30 heavy (non-hydrogen) atoms. The van der Waals surface area contributed by atoms with Crippen LogP contribution in [-0.4, -0.2) is 31.7 Å². The summed E-state index contributed by atoms with van der Waals surface area (Å²) in [6.45, 7) is 0.236. The molecule has 1 aromatic heterocycles. The van der Waals surface area contributed by atoms with Crippen molar-refractivity contribution in [2.75, 3.05) is 0 Å². The summed E-state index contributed by atoms with van der Waals surface area (Å²) < 4.78 is 2.15. The summed E-state index contributed by atoms with van der Waals surface area (Å²) in [5.41, 5.74) is 2.60. The molecule has 3 aromatic rings. The Bertz CT molecular complexity index is 1140. The molecule has 0 radical (unpaired) electrons. The number of hydrogen-bond donors (Lipinski definition) is 1. The second kappa shape index (κ2) is 9.05. The number of hydrazone groups is 1. The van der Waals surface area contributed by atoms with Crippen molar-refractivity contribution in [3.8, 4) is 0 Å². The van der Waals surface area contributed by atoms with Crippen molar-refractivity contribution in [3.63, 3.8) is 0 Å². The molecule has 0 aliphatic heterocycles. The number of amides is 1. The van der Waals surface area contributed by atoms with E-state index in [2.05, 4.69) is 31.6 Å². The fourth-order valence-corrected chi connectivity index (χ4v) is 2.96. The predicted octanol–water partition coefficient (Wildman–Crippen LogP) is 3.27. The largest absolute Gasteiger partial charge is 0.320 e. The van der Waals surface area contributed by atoms with Gasteiger partial charge in [0.2, 0.25) is 5.69 Å². The number of non-ortho nitro benzene ring substituents is 1. The number of nitrogens with one attached hydrogen (secondary N) is 1. The zero-order valence-electron chi connectivity index (χ0n) is 15.1. The molecule has 1 N–H and O–H groups in total. The lowest BCUT2D eigenvalue weighted by molar-refractivity contribution is -0.385. The zero-order chi connectivity index (χ0) is 21.7. The Morgan fingerprint density at radius 3 is 2.53 bits per heavy atom. The first-order chi connectivity index (χ1) is 14.3. The Kier molecular flexibility index (Phi) is 6.27. The molecular weight excluding hydrogens is 460 g/mol. The first kappa shape index (κ1) is 20.8. The van der Waals surface area contributed by atoms with Crippen LogP contribution in [0.5, 0.6) is 0 Å². The van der Waals surface area contributed by atoms with E-state index in [1.807, 2.05) is 24.3 Å². The van der Waals surface area contributed by atoms with Crippen LogP contribution in [0, 0.1) is 20.2 Å². The summed E-state index contributed by atoms with van der Waals surface area (Å²) in [4.78, 5) is 33.0. The van der Waals surface area contributed by atoms with Crippen molar-refractivity contribution in [2.24, 2.45) is 5.10 Å². The molecule has 0 bridgehead atoms. The Morgan fingerprint density at radius 2 is 1.90 bits per heavy atom. The maximum Gasteiger partial charge on any atom is 0.320 e. The van der Waals surface area contributed by atoms with Crippen LogP contribution >= 0.6 is 15.9 Å². The van der Waals surface area contributed by atoms with Crippen LogP contribution < -0.4 is 5.43 Å². The molecule has 2 aromatic carbocycles. The maximum atomic E-state index is 12.3. The third-order valence-corrected chi connectivity index (χ3v) is 4.36. The Balaban J connectivity index is 1.73. The number of carbonyl (C=O) groups excluding carboxylic acids is 1. The quantitative estimate of drug-likeness (QED) is 0.317. The highest BCUT2D eigenvalue weighted by Crippen LogP contribution is 2.19. The predicted molar refractivity (Wildman–Crippen MR) is 110 cm³/mol. The number of nitro groups is 2. The molecule has 0 aliphatic carbocycles. The van der Waals surface area contributed by atoms with Crippen molar-refractivity contribution < 1.29 is 14.6 Å². The van der Waals surface area contributed by atoms with E-state index in [0.29, 0.717) is 5.56 Å². The number of nitrogens with zero attached hydrogens (tertiary/aromatic N) is 5. The topological polar surface area (TPSA) is 146 Å². The number of nitro benzene ring substituents is 1. The molecular formula is C18H13BrN6O5. The lowest BCUT2D eigenvalue weighted by Crippen LogP contribution is -2.19. The first-order valence-corrected chi connectivity index (χ1v) is 9.17. The molecule has 0 saturated heterocycles. The van der Waals surface area contributed by atoms with E-state index in [1.54, 1.807) is 0 Å². The summed E-state index contributed by atoms with van der Waals surface area (Å²) in [5, 5.41) is 29.7. The molecule has 0 saturated carbocycles. The van der Waals surface area contributed by atoms with E-state index in [-0.39, 0.29) is 17.9 Å². The van der Waals surface area contributed by atoms with Gasteiger partial charge in [0.05, 0.1) is 22.6 Å². The van der Waals surface area contributed by atoms with Gasteiger partial charge in [-0.05, 0) is 35.4 Å². The SMILES string of the molecule is O=C(N/N=C/c1ccc([N+](=O)[O-])cc1)c1nn(Cc2cccc(Br)c2)cc1[N+](=O)[O-]. The van der Waals surface area contributed by atoms with Gasteiger partial charge in [0.1, 0.15) is 6.20 Å². The maximum absolute atomic E-state index is 12.3. The van der Waals surface area contributed by atoms with Crippen molar-refractivity contribution in [1.82, 2.24) is 15.2 Å². The summed E-state index contributed by atoms with van der Waals surface area (Å²) in [6.07, 6.45) is 2.43. The molecule has 12 heteroatoms. The zero-order valence-corrected chi connectivity index (χ0v) is 16.7. The van der Waals surface area contributed by atoms with Gasteiger partial charge >= 0.3 is 5.69 Å². The standard InChI is InChI=1S/C18H13BrN6O5/c19-14-3-1-2-13(8-14)10-23-11-16(25(29)30)17(22-23)18(26)21-20-9-12-4-6-15(7-5-12)24(27)28/h1-9,11H,10H2,(H,21,26)/b20-9+. The van der Waals surface area contributed by atoms with Crippen LogP contribution in [0.25, 0.3) is 0 Å². The van der Waals surface area contributed by atoms with E-state index in [1.165, 1.54) is 41.4 Å². The first-order valence-electron chi connectivity index (χ1n) is 8.37. The van der Waals surface area contributed by atoms with Crippen molar-refractivity contribution in [2.45, 2.75) is 6.54 Å². The minimum absolute atomic E-state index is 0.0807. The molecule has 0 fully saturated rings. The highest BCUT2D eigenvalue weighted by atomic mass is 79.9. The average molecular weight is 473 g/mol. The Hall–Kier alpha value is -3.93. The van der Waals surface area contributed by atoms with Gasteiger partial charge < -0.3 is 0 Å². The lowest BCUT2D eigenvalue weighted by atomic mass is 10.2. The smallest absolute Gasteiger partial charge is 0.265 e. The van der Waals surface area contributed by atoms with Gasteiger partial charge in [-0.15, -0.1) is 0 Å². The van der Waals surface area contributed by atoms with Gasteiger partial charge in [0, 0.05) is 16.6 Å². The third-order valence-electron chi connectivity index (χ3n) is 3.87. The Morgan fingerprint density at radius 1 is 1.17 bits per heavy atom. The molecule has 0 aliphatic rings. The molecule has 0 atom stereocenters. The second-order valence-electron chi connectivity index (χ2n) is 6.00. The Labute approximate surface area is 177 Å². The normalized spacial score (nSPS) is 10.8. The number of aromatic nitrogens is 2. The molecule has 0 unspecified atom stereocenters. The van der Waals surface area contributed by atoms with E-state index in [9.17, 15) is 25.0 Å². The number of carbonyl (C=O) groups is 1. The number of halogens is 1. The molecule has 1 heterocycles. The van der Waals surface area contributed by atoms with Gasteiger partial charge in [-0.25, -0.2) is 5.43 Å². The lowest BCUT2D eigenvalue weighted by Gasteiger charge is -2.01. The molecule has 3 rings (SSSR count). The molecule has 11 nitrogen and oxygen atoms in total. The van der Waals surface area contributed by atoms with E-state index < -0.39 is 21.4 Å². The second-order valence-corrected chi connectivity index (χ2v) is 6.91.